The molecule has 0 radical (unpaired) electrons. The smallest absolute Gasteiger partial charge is 0.214 e. The topological polar surface area (TPSA) is 63.4 Å². The van der Waals surface area contributed by atoms with Crippen LogP contribution in [0.15, 0.2) is 30.3 Å². The minimum absolute atomic E-state index is 0.192. The molecule has 0 amide bonds. The number of nitrogens with zero attached hydrogens (tertiary/aromatic N) is 1. The van der Waals surface area contributed by atoms with Gasteiger partial charge in [-0.05, 0) is 37.8 Å². The number of rotatable bonds is 8. The van der Waals surface area contributed by atoms with Crippen molar-refractivity contribution >= 4 is 10.0 Å². The van der Waals surface area contributed by atoms with Crippen molar-refractivity contribution in [3.05, 3.63) is 35.9 Å². The van der Waals surface area contributed by atoms with Crippen molar-refractivity contribution in [2.24, 2.45) is 5.73 Å². The normalized spacial score (nSPS) is 16.7. The molecule has 1 fully saturated rings. The molecule has 2 N–H and O–H groups in total. The van der Waals surface area contributed by atoms with Gasteiger partial charge in [-0.2, -0.15) is 4.31 Å². The number of sulfonamides is 1. The Hall–Kier alpha value is -0.910. The van der Waals surface area contributed by atoms with Crippen LogP contribution in [0.5, 0.6) is 0 Å². The monoisotopic (exact) mass is 310 g/mol. The first-order valence-electron chi connectivity index (χ1n) is 7.87. The van der Waals surface area contributed by atoms with Crippen LogP contribution in [0, 0.1) is 0 Å². The van der Waals surface area contributed by atoms with Crippen molar-refractivity contribution in [3.63, 3.8) is 0 Å². The van der Waals surface area contributed by atoms with Crippen LogP contribution in [0.4, 0.5) is 0 Å². The fourth-order valence-electron chi connectivity index (χ4n) is 3.00. The summed E-state index contributed by atoms with van der Waals surface area (Å²) in [7, 11) is -3.20. The van der Waals surface area contributed by atoms with E-state index in [-0.39, 0.29) is 11.8 Å². The second-order valence-corrected chi connectivity index (χ2v) is 7.78. The first kappa shape index (κ1) is 16.5. The van der Waals surface area contributed by atoms with Crippen LogP contribution in [0.1, 0.15) is 37.7 Å². The highest BCUT2D eigenvalue weighted by Crippen LogP contribution is 2.26. The Bertz CT molecular complexity index is 510. The van der Waals surface area contributed by atoms with Gasteiger partial charge in [0.05, 0.1) is 5.75 Å². The molecule has 21 heavy (non-hydrogen) atoms. The van der Waals surface area contributed by atoms with Crippen LogP contribution in [0.3, 0.4) is 0 Å². The van der Waals surface area contributed by atoms with E-state index in [4.69, 9.17) is 5.73 Å². The molecule has 0 atom stereocenters. The Balaban J connectivity index is 2.01. The molecule has 1 aliphatic carbocycles. The molecule has 0 saturated heterocycles. The van der Waals surface area contributed by atoms with E-state index in [1.54, 1.807) is 4.31 Å². The Morgan fingerprint density at radius 2 is 1.81 bits per heavy atom. The van der Waals surface area contributed by atoms with E-state index >= 15 is 0 Å². The summed E-state index contributed by atoms with van der Waals surface area (Å²) in [5, 5.41) is 0. The molecule has 0 aromatic heterocycles. The van der Waals surface area contributed by atoms with Gasteiger partial charge in [-0.15, -0.1) is 0 Å². The molecule has 0 heterocycles. The highest BCUT2D eigenvalue weighted by molar-refractivity contribution is 7.89. The molecule has 118 valence electrons. The standard InChI is InChI=1S/C16H26N2O2S/c17-12-6-13-18(16-9-4-5-10-16)21(19,20)14-11-15-7-2-1-3-8-15/h1-3,7-8,16H,4-6,9-14,17H2. The van der Waals surface area contributed by atoms with Crippen molar-refractivity contribution in [1.29, 1.82) is 0 Å². The van der Waals surface area contributed by atoms with Crippen molar-refractivity contribution in [2.45, 2.75) is 44.6 Å². The number of hydrogen-bond donors (Lipinski definition) is 1. The van der Waals surface area contributed by atoms with Crippen molar-refractivity contribution < 1.29 is 8.42 Å². The fraction of sp³-hybridized carbons (Fsp3) is 0.625. The summed E-state index contributed by atoms with van der Waals surface area (Å²) >= 11 is 0. The molecule has 0 aliphatic heterocycles. The number of hydrogen-bond acceptors (Lipinski definition) is 3. The summed E-state index contributed by atoms with van der Waals surface area (Å²) in [6.45, 7) is 1.11. The first-order valence-corrected chi connectivity index (χ1v) is 9.48. The zero-order valence-electron chi connectivity index (χ0n) is 12.6. The predicted octanol–water partition coefficient (Wildman–Crippen LogP) is 2.15. The van der Waals surface area contributed by atoms with Gasteiger partial charge in [0.2, 0.25) is 10.0 Å². The van der Waals surface area contributed by atoms with Gasteiger partial charge in [-0.3, -0.25) is 0 Å². The van der Waals surface area contributed by atoms with E-state index in [1.807, 2.05) is 30.3 Å². The van der Waals surface area contributed by atoms with Crippen molar-refractivity contribution in [1.82, 2.24) is 4.31 Å². The van der Waals surface area contributed by atoms with Gasteiger partial charge in [0.15, 0.2) is 0 Å². The molecular formula is C16H26N2O2S. The lowest BCUT2D eigenvalue weighted by molar-refractivity contribution is 0.320. The Labute approximate surface area is 128 Å². The van der Waals surface area contributed by atoms with Gasteiger partial charge in [0.25, 0.3) is 0 Å². The van der Waals surface area contributed by atoms with Gasteiger partial charge in [0.1, 0.15) is 0 Å². The third-order valence-electron chi connectivity index (χ3n) is 4.16. The predicted molar refractivity (Wildman–Crippen MR) is 86.6 cm³/mol. The zero-order chi connectivity index (χ0) is 15.1. The first-order chi connectivity index (χ1) is 10.1. The SMILES string of the molecule is NCCCN(C1CCCC1)S(=O)(=O)CCc1ccccc1. The second-order valence-electron chi connectivity index (χ2n) is 5.74. The molecule has 4 nitrogen and oxygen atoms in total. The largest absolute Gasteiger partial charge is 0.330 e. The van der Waals surface area contributed by atoms with E-state index in [0.717, 1.165) is 37.7 Å². The van der Waals surface area contributed by atoms with E-state index in [1.165, 1.54) is 0 Å². The summed E-state index contributed by atoms with van der Waals surface area (Å²) in [6, 6.07) is 10.0. The lowest BCUT2D eigenvalue weighted by Gasteiger charge is -2.28. The third kappa shape index (κ3) is 4.80. The van der Waals surface area contributed by atoms with Crippen molar-refractivity contribution in [3.8, 4) is 0 Å². The highest BCUT2D eigenvalue weighted by atomic mass is 32.2. The molecule has 0 spiro atoms. The summed E-state index contributed by atoms with van der Waals surface area (Å²) < 4.78 is 27.1. The van der Waals surface area contributed by atoms with Gasteiger partial charge in [-0.1, -0.05) is 43.2 Å². The maximum Gasteiger partial charge on any atom is 0.214 e. The zero-order valence-corrected chi connectivity index (χ0v) is 13.4. The van der Waals surface area contributed by atoms with E-state index < -0.39 is 10.0 Å². The van der Waals surface area contributed by atoms with Crippen LogP contribution < -0.4 is 5.73 Å². The van der Waals surface area contributed by atoms with Gasteiger partial charge in [0, 0.05) is 12.6 Å². The average molecular weight is 310 g/mol. The molecule has 1 aromatic rings. The summed E-state index contributed by atoms with van der Waals surface area (Å²) in [4.78, 5) is 0. The van der Waals surface area contributed by atoms with Gasteiger partial charge < -0.3 is 5.73 Å². The third-order valence-corrected chi connectivity index (χ3v) is 6.08. The molecule has 0 unspecified atom stereocenters. The van der Waals surface area contributed by atoms with Gasteiger partial charge in [-0.25, -0.2) is 8.42 Å². The molecule has 2 rings (SSSR count). The average Bonchev–Trinajstić information content (AvgIpc) is 3.00. The number of aryl methyl sites for hydroxylation is 1. The molecule has 0 bridgehead atoms. The van der Waals surface area contributed by atoms with Crippen molar-refractivity contribution in [2.75, 3.05) is 18.8 Å². The number of benzene rings is 1. The van der Waals surface area contributed by atoms with Crippen LogP contribution in [-0.4, -0.2) is 37.6 Å². The lowest BCUT2D eigenvalue weighted by atomic mass is 10.2. The molecule has 5 heteroatoms. The minimum Gasteiger partial charge on any atom is -0.330 e. The second kappa shape index (κ2) is 7.92. The highest BCUT2D eigenvalue weighted by Gasteiger charge is 2.31. The molecular weight excluding hydrogens is 284 g/mol. The van der Waals surface area contributed by atoms with Gasteiger partial charge >= 0.3 is 0 Å². The summed E-state index contributed by atoms with van der Waals surface area (Å²) in [5.41, 5.74) is 6.64. The Morgan fingerprint density at radius 1 is 1.14 bits per heavy atom. The molecule has 1 saturated carbocycles. The summed E-state index contributed by atoms with van der Waals surface area (Å²) in [5.74, 6) is 0.193. The van der Waals surface area contributed by atoms with Crippen LogP contribution in [0.2, 0.25) is 0 Å². The van der Waals surface area contributed by atoms with E-state index in [2.05, 4.69) is 0 Å². The Kier molecular flexibility index (Phi) is 6.21. The maximum atomic E-state index is 12.7. The van der Waals surface area contributed by atoms with Crippen LogP contribution in [-0.2, 0) is 16.4 Å². The molecule has 1 aliphatic rings. The lowest BCUT2D eigenvalue weighted by Crippen LogP contribution is -2.41. The van der Waals surface area contributed by atoms with E-state index in [9.17, 15) is 8.42 Å². The summed E-state index contributed by atoms with van der Waals surface area (Å²) in [6.07, 6.45) is 5.58. The fourth-order valence-corrected chi connectivity index (χ4v) is 4.80. The Morgan fingerprint density at radius 3 is 2.43 bits per heavy atom. The van der Waals surface area contributed by atoms with Crippen LogP contribution >= 0.6 is 0 Å². The minimum atomic E-state index is -3.20. The van der Waals surface area contributed by atoms with Crippen LogP contribution in [0.25, 0.3) is 0 Å². The number of nitrogens with two attached hydrogens (primary N) is 1. The quantitative estimate of drug-likeness (QED) is 0.800. The van der Waals surface area contributed by atoms with E-state index in [0.29, 0.717) is 19.5 Å². The molecule has 1 aromatic carbocycles. The maximum absolute atomic E-state index is 12.7.